The molecule has 0 atom stereocenters. The summed E-state index contributed by atoms with van der Waals surface area (Å²) >= 11 is 1.55. The minimum atomic E-state index is -0.370. The fraction of sp³-hybridized carbons (Fsp3) is 0.158. The molecule has 4 aromatic rings. The second-order valence-electron chi connectivity index (χ2n) is 6.19. The lowest BCUT2D eigenvalue weighted by Gasteiger charge is -2.10. The van der Waals surface area contributed by atoms with E-state index in [1.807, 2.05) is 61.7 Å². The van der Waals surface area contributed by atoms with Gasteiger partial charge < -0.3 is 5.32 Å². The molecule has 1 amide bonds. The Morgan fingerprint density at radius 2 is 1.93 bits per heavy atom. The van der Waals surface area contributed by atoms with E-state index in [9.17, 15) is 4.79 Å². The van der Waals surface area contributed by atoms with Crippen LogP contribution in [0.1, 0.15) is 30.5 Å². The van der Waals surface area contributed by atoms with Gasteiger partial charge in [0, 0.05) is 12.1 Å². The van der Waals surface area contributed by atoms with Crippen LogP contribution in [0.2, 0.25) is 0 Å². The van der Waals surface area contributed by atoms with Crippen LogP contribution in [0, 0.1) is 0 Å². The van der Waals surface area contributed by atoms with Gasteiger partial charge in [0.05, 0.1) is 16.8 Å². The van der Waals surface area contributed by atoms with Crippen LogP contribution in [0.3, 0.4) is 0 Å². The predicted octanol–water partition coefficient (Wildman–Crippen LogP) is 4.03. The van der Waals surface area contributed by atoms with Crippen molar-refractivity contribution in [1.82, 2.24) is 24.5 Å². The molecule has 0 saturated heterocycles. The fourth-order valence-corrected chi connectivity index (χ4v) is 3.42. The number of rotatable bonds is 5. The Labute approximate surface area is 160 Å². The van der Waals surface area contributed by atoms with E-state index in [1.54, 1.807) is 33.0 Å². The van der Waals surface area contributed by atoms with Crippen molar-refractivity contribution in [3.63, 3.8) is 0 Å². The number of amides is 1. The number of nitrogens with zero attached hydrogens (tertiary/aromatic N) is 5. The highest BCUT2D eigenvalue weighted by molar-refractivity contribution is 7.13. The molecule has 7 nitrogen and oxygen atoms in total. The lowest BCUT2D eigenvalue weighted by Crippen LogP contribution is -2.18. The van der Waals surface area contributed by atoms with Gasteiger partial charge in [-0.2, -0.15) is 5.10 Å². The zero-order valence-corrected chi connectivity index (χ0v) is 15.7. The number of benzene rings is 1. The van der Waals surface area contributed by atoms with Gasteiger partial charge in [0.25, 0.3) is 5.91 Å². The molecule has 136 valence electrons. The number of thiophene rings is 1. The van der Waals surface area contributed by atoms with E-state index in [4.69, 9.17) is 0 Å². The summed E-state index contributed by atoms with van der Waals surface area (Å²) in [6, 6.07) is 15.5. The summed E-state index contributed by atoms with van der Waals surface area (Å²) in [5.41, 5.74) is 0.847. The van der Waals surface area contributed by atoms with Crippen LogP contribution in [-0.4, -0.2) is 30.5 Å². The molecule has 3 aromatic heterocycles. The molecular formula is C19H18N6OS. The maximum atomic E-state index is 12.8. The van der Waals surface area contributed by atoms with Crippen molar-refractivity contribution in [2.24, 2.45) is 0 Å². The highest BCUT2D eigenvalue weighted by atomic mass is 32.1. The molecule has 4 rings (SSSR count). The Balaban J connectivity index is 1.71. The van der Waals surface area contributed by atoms with Crippen molar-refractivity contribution in [3.05, 3.63) is 65.9 Å². The van der Waals surface area contributed by atoms with Crippen molar-refractivity contribution >= 4 is 23.1 Å². The molecule has 0 aliphatic carbocycles. The summed E-state index contributed by atoms with van der Waals surface area (Å²) in [4.78, 5) is 18.2. The third-order valence-electron chi connectivity index (χ3n) is 3.95. The Morgan fingerprint density at radius 3 is 2.63 bits per heavy atom. The maximum Gasteiger partial charge on any atom is 0.296 e. The summed E-state index contributed by atoms with van der Waals surface area (Å²) in [5.74, 6) is 0.992. The van der Waals surface area contributed by atoms with Gasteiger partial charge >= 0.3 is 0 Å². The number of para-hydroxylation sites is 1. The van der Waals surface area contributed by atoms with E-state index in [1.165, 1.54) is 0 Å². The van der Waals surface area contributed by atoms with E-state index in [0.717, 1.165) is 10.6 Å². The summed E-state index contributed by atoms with van der Waals surface area (Å²) in [7, 11) is 0. The lowest BCUT2D eigenvalue weighted by molar-refractivity contribution is 0.101. The lowest BCUT2D eigenvalue weighted by atomic mass is 10.3. The molecule has 0 aliphatic heterocycles. The number of anilines is 1. The average molecular weight is 378 g/mol. The van der Waals surface area contributed by atoms with Crippen molar-refractivity contribution < 1.29 is 4.79 Å². The van der Waals surface area contributed by atoms with Crippen LogP contribution >= 0.6 is 11.3 Å². The van der Waals surface area contributed by atoms with Gasteiger partial charge in [0.1, 0.15) is 5.82 Å². The molecular weight excluding hydrogens is 360 g/mol. The Kier molecular flexibility index (Phi) is 4.55. The molecule has 0 radical (unpaired) electrons. The Morgan fingerprint density at radius 1 is 1.11 bits per heavy atom. The smallest absolute Gasteiger partial charge is 0.296 e. The first-order chi connectivity index (χ1) is 13.1. The highest BCUT2D eigenvalue weighted by Crippen LogP contribution is 2.25. The minimum absolute atomic E-state index is 0.110. The minimum Gasteiger partial charge on any atom is -0.304 e. The van der Waals surface area contributed by atoms with Crippen LogP contribution in [0.4, 0.5) is 5.82 Å². The van der Waals surface area contributed by atoms with E-state index >= 15 is 0 Å². The molecule has 3 heterocycles. The SMILES string of the molecule is CC(C)n1nccc1NC(=O)c1nc(-c2cccs2)n(-c2ccccc2)n1. The number of aromatic nitrogens is 5. The third-order valence-corrected chi connectivity index (χ3v) is 4.82. The average Bonchev–Trinajstić information content (AvgIpc) is 3.41. The number of hydrogen-bond acceptors (Lipinski definition) is 5. The molecule has 0 fully saturated rings. The van der Waals surface area contributed by atoms with Crippen molar-refractivity contribution in [2.75, 3.05) is 5.32 Å². The quantitative estimate of drug-likeness (QED) is 0.569. The molecule has 27 heavy (non-hydrogen) atoms. The van der Waals surface area contributed by atoms with Crippen LogP contribution in [0.5, 0.6) is 0 Å². The molecule has 0 spiro atoms. The van der Waals surface area contributed by atoms with Gasteiger partial charge in [-0.1, -0.05) is 24.3 Å². The van der Waals surface area contributed by atoms with Crippen LogP contribution < -0.4 is 5.32 Å². The topological polar surface area (TPSA) is 77.6 Å². The standard InChI is InChI=1S/C19H18N6OS/c1-13(2)24-16(10-11-20-24)21-19(26)17-22-18(15-9-6-12-27-15)25(23-17)14-7-4-3-5-8-14/h3-13H,1-2H3,(H,21,26). The van der Waals surface area contributed by atoms with Crippen molar-refractivity contribution in [3.8, 4) is 16.4 Å². The summed E-state index contributed by atoms with van der Waals surface area (Å²) < 4.78 is 3.44. The highest BCUT2D eigenvalue weighted by Gasteiger charge is 2.20. The summed E-state index contributed by atoms with van der Waals surface area (Å²) in [6.07, 6.45) is 1.66. The Bertz CT molecular complexity index is 1050. The van der Waals surface area contributed by atoms with Gasteiger partial charge in [-0.25, -0.2) is 14.3 Å². The van der Waals surface area contributed by atoms with Gasteiger partial charge in [-0.15, -0.1) is 16.4 Å². The third kappa shape index (κ3) is 3.39. The first-order valence-electron chi connectivity index (χ1n) is 8.54. The second kappa shape index (κ2) is 7.16. The molecule has 0 unspecified atom stereocenters. The zero-order valence-electron chi connectivity index (χ0n) is 14.9. The van der Waals surface area contributed by atoms with Gasteiger partial charge in [-0.3, -0.25) is 4.79 Å². The van der Waals surface area contributed by atoms with E-state index in [-0.39, 0.29) is 17.8 Å². The summed E-state index contributed by atoms with van der Waals surface area (Å²) in [5, 5.41) is 13.5. The second-order valence-corrected chi connectivity index (χ2v) is 7.14. The first kappa shape index (κ1) is 17.2. The molecule has 8 heteroatoms. The van der Waals surface area contributed by atoms with Crippen molar-refractivity contribution in [1.29, 1.82) is 0 Å². The zero-order chi connectivity index (χ0) is 18.8. The molecule has 0 bridgehead atoms. The van der Waals surface area contributed by atoms with Gasteiger partial charge in [0.15, 0.2) is 5.82 Å². The first-order valence-corrected chi connectivity index (χ1v) is 9.42. The predicted molar refractivity (Wildman–Crippen MR) is 105 cm³/mol. The summed E-state index contributed by atoms with van der Waals surface area (Å²) in [6.45, 7) is 4.00. The molecule has 1 aromatic carbocycles. The number of carbonyl (C=O) groups excluding carboxylic acids is 1. The number of hydrogen-bond donors (Lipinski definition) is 1. The van der Waals surface area contributed by atoms with Crippen LogP contribution in [-0.2, 0) is 0 Å². The van der Waals surface area contributed by atoms with E-state index < -0.39 is 0 Å². The van der Waals surface area contributed by atoms with Crippen LogP contribution in [0.25, 0.3) is 16.4 Å². The Hall–Kier alpha value is -3.26. The normalized spacial score (nSPS) is 11.1. The monoisotopic (exact) mass is 378 g/mol. The maximum absolute atomic E-state index is 12.8. The fourth-order valence-electron chi connectivity index (χ4n) is 2.72. The number of carbonyl (C=O) groups is 1. The van der Waals surface area contributed by atoms with E-state index in [2.05, 4.69) is 20.5 Å². The largest absolute Gasteiger partial charge is 0.304 e. The molecule has 1 N–H and O–H groups in total. The van der Waals surface area contributed by atoms with Gasteiger partial charge in [0.2, 0.25) is 5.82 Å². The van der Waals surface area contributed by atoms with Gasteiger partial charge in [-0.05, 0) is 37.4 Å². The van der Waals surface area contributed by atoms with Crippen molar-refractivity contribution in [2.45, 2.75) is 19.9 Å². The molecule has 0 aliphatic rings. The molecule has 0 saturated carbocycles. The van der Waals surface area contributed by atoms with Crippen LogP contribution in [0.15, 0.2) is 60.1 Å². The van der Waals surface area contributed by atoms with E-state index in [0.29, 0.717) is 11.6 Å². The number of nitrogens with one attached hydrogen (secondary N) is 1.